The van der Waals surface area contributed by atoms with Gasteiger partial charge in [-0.3, -0.25) is 9.59 Å². The maximum atomic E-state index is 13.8. The zero-order valence-electron chi connectivity index (χ0n) is 65.0. The predicted molar refractivity (Wildman–Crippen MR) is 398 cm³/mol. The van der Waals surface area contributed by atoms with Gasteiger partial charge in [0.25, 0.3) is 0 Å². The predicted octanol–water partition coefficient (Wildman–Crippen LogP) is 19.7. The molecule has 5 N–H and O–H groups in total. The quantitative estimate of drug-likeness (QED) is 0.0309. The molecular formula is C84H146O14. The van der Waals surface area contributed by atoms with Crippen LogP contribution in [0.1, 0.15) is 341 Å². The molecule has 0 aliphatic carbocycles. The zero-order valence-corrected chi connectivity index (χ0v) is 65.0. The Morgan fingerprint density at radius 1 is 0.459 bits per heavy atom. The Bertz CT molecular complexity index is 2500. The van der Waals surface area contributed by atoms with Crippen LogP contribution in [-0.2, 0) is 66.4 Å². The van der Waals surface area contributed by atoms with Gasteiger partial charge in [-0.2, -0.15) is 0 Å². The van der Waals surface area contributed by atoms with Crippen molar-refractivity contribution >= 4 is 11.9 Å². The number of phenolic OH excluding ortho intramolecular Hbond substituents is 2. The zero-order chi connectivity index (χ0) is 72.3. The van der Waals surface area contributed by atoms with E-state index in [9.17, 15) is 35.1 Å². The average Bonchev–Trinajstić information content (AvgIpc) is 0.715. The normalized spacial score (nSPS) is 18.7. The van der Waals surface area contributed by atoms with E-state index in [2.05, 4.69) is 55.4 Å². The minimum absolute atomic E-state index is 0.0115. The number of phenols is 2. The van der Waals surface area contributed by atoms with E-state index in [1.54, 1.807) is 0 Å². The summed E-state index contributed by atoms with van der Waals surface area (Å²) >= 11 is 0. The van der Waals surface area contributed by atoms with Crippen LogP contribution >= 0.6 is 0 Å². The molecule has 2 aliphatic heterocycles. The lowest BCUT2D eigenvalue weighted by Crippen LogP contribution is -2.74. The average molecular weight is 1380 g/mol. The third-order valence-corrected chi connectivity index (χ3v) is 21.4. The van der Waals surface area contributed by atoms with E-state index in [1.807, 2.05) is 65.8 Å². The van der Waals surface area contributed by atoms with Crippen molar-refractivity contribution in [2.75, 3.05) is 59.5 Å². The summed E-state index contributed by atoms with van der Waals surface area (Å²) in [6.45, 7) is 27.0. The third kappa shape index (κ3) is 28.4. The van der Waals surface area contributed by atoms with Crippen LogP contribution in [-0.4, -0.2) is 121 Å². The Morgan fingerprint density at radius 2 is 0.776 bits per heavy atom. The first-order valence-corrected chi connectivity index (χ1v) is 39.6. The summed E-state index contributed by atoms with van der Waals surface area (Å²) in [6, 6.07) is 7.79. The molecule has 2 heterocycles. The summed E-state index contributed by atoms with van der Waals surface area (Å²) in [5.41, 5.74) is -1.50. The molecule has 14 nitrogen and oxygen atoms in total. The van der Waals surface area contributed by atoms with Gasteiger partial charge in [-0.25, -0.2) is 0 Å². The van der Waals surface area contributed by atoms with E-state index in [1.165, 1.54) is 148 Å². The van der Waals surface area contributed by atoms with E-state index in [0.717, 1.165) is 84.7 Å². The second-order valence-electron chi connectivity index (χ2n) is 33.7. The van der Waals surface area contributed by atoms with E-state index in [4.69, 9.17) is 33.2 Å². The Morgan fingerprint density at radius 3 is 1.11 bits per heavy atom. The van der Waals surface area contributed by atoms with Crippen LogP contribution in [0, 0.1) is 35.5 Å². The van der Waals surface area contributed by atoms with Crippen molar-refractivity contribution in [3.8, 4) is 11.5 Å². The summed E-state index contributed by atoms with van der Waals surface area (Å²) in [5.74, 6) is -0.209. The molecule has 2 aromatic rings. The molecule has 2 saturated heterocycles. The highest BCUT2D eigenvalue weighted by molar-refractivity contribution is 5.70. The topological polar surface area (TPSA) is 200 Å². The fraction of sp³-hybridized carbons (Fsp3) is 0.833. The van der Waals surface area contributed by atoms with E-state index >= 15 is 0 Å². The van der Waals surface area contributed by atoms with E-state index in [-0.39, 0.29) is 80.1 Å². The number of hydrogen-bond acceptors (Lipinski definition) is 14. The second-order valence-corrected chi connectivity index (χ2v) is 33.7. The van der Waals surface area contributed by atoms with Gasteiger partial charge in [0.2, 0.25) is 0 Å². The second kappa shape index (κ2) is 44.3. The lowest BCUT2D eigenvalue weighted by molar-refractivity contribution is -0.397. The summed E-state index contributed by atoms with van der Waals surface area (Å²) in [7, 11) is 0. The van der Waals surface area contributed by atoms with Crippen molar-refractivity contribution in [3.05, 3.63) is 57.6 Å². The summed E-state index contributed by atoms with van der Waals surface area (Å²) in [4.78, 5) is 27.3. The SMILES string of the molecule is CCCCCCCCCCCCCCCCCCOC(CCCCCCCCCCCCCCCCCC)(C1OC(C(C)(C)COC(=O)CCc2cc(C)c(O)c(C(C)(C)C)c2)OCC12COC(C(C)(C)COC(=O)CCc1cc(C)c(O)c(C(C)(C)C)c1)OC2)C(CO)(CO)CO. The van der Waals surface area contributed by atoms with Crippen LogP contribution in [0.3, 0.4) is 0 Å². The Labute approximate surface area is 597 Å². The first-order chi connectivity index (χ1) is 46.6. The van der Waals surface area contributed by atoms with Crippen molar-refractivity contribution in [1.82, 2.24) is 0 Å². The van der Waals surface area contributed by atoms with Crippen molar-refractivity contribution in [1.29, 1.82) is 0 Å². The molecule has 2 aromatic carbocycles. The van der Waals surface area contributed by atoms with Crippen LogP contribution in [0.25, 0.3) is 0 Å². The molecule has 2 aliphatic rings. The van der Waals surface area contributed by atoms with Gasteiger partial charge < -0.3 is 58.7 Å². The van der Waals surface area contributed by atoms with Crippen molar-refractivity contribution in [2.45, 2.75) is 370 Å². The monoisotopic (exact) mass is 1380 g/mol. The maximum absolute atomic E-state index is 13.8. The minimum atomic E-state index is -1.61. The largest absolute Gasteiger partial charge is 0.507 e. The number of carbonyl (C=O) groups excluding carboxylic acids is 2. The number of carbonyl (C=O) groups is 2. The van der Waals surface area contributed by atoms with Crippen LogP contribution in [0.2, 0.25) is 0 Å². The number of ether oxygens (including phenoxy) is 7. The Balaban J connectivity index is 1.60. The van der Waals surface area contributed by atoms with E-state index < -0.39 is 65.8 Å². The van der Waals surface area contributed by atoms with Gasteiger partial charge in [0.1, 0.15) is 36.4 Å². The lowest BCUT2D eigenvalue weighted by atomic mass is 9.60. The number of aliphatic hydroxyl groups excluding tert-OH is 3. The highest BCUT2D eigenvalue weighted by Crippen LogP contribution is 2.54. The number of unbranched alkanes of at least 4 members (excludes halogenated alkanes) is 30. The molecule has 0 aromatic heterocycles. The highest BCUT2D eigenvalue weighted by atomic mass is 16.7. The first kappa shape index (κ1) is 87.1. The lowest BCUT2D eigenvalue weighted by Gasteiger charge is -2.61. The number of aliphatic hydroxyl groups is 3. The number of aryl methyl sites for hydroxylation is 4. The molecule has 0 saturated carbocycles. The maximum Gasteiger partial charge on any atom is 0.306 e. The highest BCUT2D eigenvalue weighted by Gasteiger charge is 2.66. The van der Waals surface area contributed by atoms with Gasteiger partial charge in [-0.15, -0.1) is 0 Å². The third-order valence-electron chi connectivity index (χ3n) is 21.4. The fourth-order valence-electron chi connectivity index (χ4n) is 14.7. The smallest absolute Gasteiger partial charge is 0.306 e. The Hall–Kier alpha value is -3.34. The van der Waals surface area contributed by atoms with Gasteiger partial charge in [-0.05, 0) is 83.7 Å². The van der Waals surface area contributed by atoms with Gasteiger partial charge in [0.15, 0.2) is 12.6 Å². The molecule has 3 unspecified atom stereocenters. The van der Waals surface area contributed by atoms with Crippen LogP contribution < -0.4 is 0 Å². The van der Waals surface area contributed by atoms with Gasteiger partial charge in [-0.1, -0.05) is 306 Å². The first-order valence-electron chi connectivity index (χ1n) is 39.6. The summed E-state index contributed by atoms with van der Waals surface area (Å²) < 4.78 is 47.6. The number of benzene rings is 2. The Kier molecular flexibility index (Phi) is 39.4. The van der Waals surface area contributed by atoms with Crippen molar-refractivity contribution < 1.29 is 68.3 Å². The summed E-state index contributed by atoms with van der Waals surface area (Å²) in [6.07, 6.45) is 37.6. The standard InChI is InChI=1S/C84H146O14/c1-15-17-19-21-23-25-27-29-31-33-35-37-39-41-43-45-51-84(83(57-85,58-86)59-87,97-52-46-44-42-40-38-36-34-32-30-28-26-24-22-20-18-16-2)75-82(64-96-77(98-75)81(13,14)61-93-72(89)50-48-68-54-66(4)74(91)70(56-68)79(8,9)10)62-94-76(95-63-82)80(11,12)60-92-71(88)49-47-67-53-65(3)73(90)69(55-67)78(5,6)7/h53-56,75-77,85-87,90-91H,15-52,57-64H2,1-14H3. The molecule has 1 spiro atoms. The number of esters is 2. The van der Waals surface area contributed by atoms with Crippen LogP contribution in [0.5, 0.6) is 11.5 Å². The van der Waals surface area contributed by atoms with Gasteiger partial charge in [0.05, 0.1) is 50.5 Å². The number of aromatic hydroxyl groups is 2. The van der Waals surface area contributed by atoms with Crippen LogP contribution in [0.15, 0.2) is 24.3 Å². The molecule has 0 radical (unpaired) electrons. The number of rotatable bonds is 52. The molecule has 4 rings (SSSR count). The van der Waals surface area contributed by atoms with Crippen molar-refractivity contribution in [2.24, 2.45) is 21.7 Å². The van der Waals surface area contributed by atoms with E-state index in [0.29, 0.717) is 32.3 Å². The molecule has 0 bridgehead atoms. The van der Waals surface area contributed by atoms with Gasteiger partial charge in [0, 0.05) is 30.3 Å². The van der Waals surface area contributed by atoms with Crippen LogP contribution in [0.4, 0.5) is 0 Å². The molecular weight excluding hydrogens is 1230 g/mol. The fourth-order valence-corrected chi connectivity index (χ4v) is 14.7. The molecule has 566 valence electrons. The minimum Gasteiger partial charge on any atom is -0.507 e. The molecule has 3 atom stereocenters. The molecule has 0 amide bonds. The molecule has 2 fully saturated rings. The summed E-state index contributed by atoms with van der Waals surface area (Å²) in [5, 5.41) is 57.3. The molecule has 14 heteroatoms. The van der Waals surface area contributed by atoms with Crippen molar-refractivity contribution in [3.63, 3.8) is 0 Å². The molecule has 98 heavy (non-hydrogen) atoms. The number of hydrogen-bond donors (Lipinski definition) is 5. The van der Waals surface area contributed by atoms with Gasteiger partial charge >= 0.3 is 11.9 Å².